The van der Waals surface area contributed by atoms with Crippen molar-refractivity contribution >= 4 is 41.5 Å². The van der Waals surface area contributed by atoms with Crippen molar-refractivity contribution in [1.82, 2.24) is 0 Å². The lowest BCUT2D eigenvalue weighted by Gasteiger charge is -2.23. The van der Waals surface area contributed by atoms with E-state index in [0.29, 0.717) is 15.9 Å². The lowest BCUT2D eigenvalue weighted by atomic mass is 10.2. The van der Waals surface area contributed by atoms with Crippen molar-refractivity contribution in [3.63, 3.8) is 0 Å². The van der Waals surface area contributed by atoms with Crippen molar-refractivity contribution in [2.24, 2.45) is 0 Å². The number of hydrogen-bond donors (Lipinski definition) is 1. The molecule has 1 aromatic rings. The van der Waals surface area contributed by atoms with E-state index in [1.165, 1.54) is 7.11 Å². The summed E-state index contributed by atoms with van der Waals surface area (Å²) >= 11 is 3.28. The molecular formula is C12H16BrNO5S2. The Hall–Kier alpha value is -0.800. The van der Waals surface area contributed by atoms with E-state index in [1.807, 2.05) is 0 Å². The summed E-state index contributed by atoms with van der Waals surface area (Å²) in [6.07, 6.45) is 0.249. The van der Waals surface area contributed by atoms with Crippen LogP contribution in [-0.2, 0) is 19.9 Å². The average molecular weight is 398 g/mol. The highest BCUT2D eigenvalue weighted by molar-refractivity contribution is 9.10. The van der Waals surface area contributed by atoms with Crippen LogP contribution < -0.4 is 9.46 Å². The van der Waals surface area contributed by atoms with Gasteiger partial charge >= 0.3 is 0 Å². The van der Waals surface area contributed by atoms with Crippen LogP contribution in [0.2, 0.25) is 0 Å². The minimum absolute atomic E-state index is 0.0855. The molecule has 21 heavy (non-hydrogen) atoms. The van der Waals surface area contributed by atoms with E-state index < -0.39 is 25.1 Å². The third-order valence-corrected chi connectivity index (χ3v) is 7.63. The molecule has 1 N–H and O–H groups in total. The van der Waals surface area contributed by atoms with Crippen molar-refractivity contribution in [2.75, 3.05) is 23.3 Å². The lowest BCUT2D eigenvalue weighted by molar-refractivity contribution is 0.415. The number of sulfonamides is 1. The summed E-state index contributed by atoms with van der Waals surface area (Å²) in [6.45, 7) is 0. The monoisotopic (exact) mass is 397 g/mol. The summed E-state index contributed by atoms with van der Waals surface area (Å²) in [5.41, 5.74) is 0.378. The number of rotatable bonds is 4. The second-order valence-corrected chi connectivity index (χ2v) is 9.96. The van der Waals surface area contributed by atoms with Crippen LogP contribution in [-0.4, -0.2) is 40.7 Å². The maximum Gasteiger partial charge on any atom is 0.235 e. The Bertz CT molecular complexity index is 716. The Kier molecular flexibility index (Phi) is 4.84. The van der Waals surface area contributed by atoms with E-state index in [0.717, 1.165) is 0 Å². The van der Waals surface area contributed by atoms with Gasteiger partial charge in [0.05, 0.1) is 29.6 Å². The first-order valence-corrected chi connectivity index (χ1v) is 10.5. The Morgan fingerprint density at radius 1 is 1.29 bits per heavy atom. The smallest absolute Gasteiger partial charge is 0.235 e. The Labute approximate surface area is 133 Å². The van der Waals surface area contributed by atoms with E-state index in [-0.39, 0.29) is 24.3 Å². The Balaban J connectivity index is 2.18. The van der Waals surface area contributed by atoms with Crippen LogP contribution in [0.5, 0.6) is 5.75 Å². The number of anilines is 1. The minimum Gasteiger partial charge on any atom is -0.497 e. The molecule has 0 atom stereocenters. The van der Waals surface area contributed by atoms with Crippen LogP contribution in [0.4, 0.5) is 5.69 Å². The van der Waals surface area contributed by atoms with Gasteiger partial charge in [-0.1, -0.05) is 0 Å². The predicted octanol–water partition coefficient (Wildman–Crippen LogP) is 1.78. The third-order valence-electron chi connectivity index (χ3n) is 3.37. The van der Waals surface area contributed by atoms with Gasteiger partial charge in [-0.05, 0) is 40.9 Å². The van der Waals surface area contributed by atoms with Gasteiger partial charge in [-0.15, -0.1) is 0 Å². The molecule has 1 fully saturated rings. The minimum atomic E-state index is -3.63. The topological polar surface area (TPSA) is 89.5 Å². The molecule has 0 unspecified atom stereocenters. The molecule has 1 saturated heterocycles. The molecule has 0 bridgehead atoms. The number of hydrogen-bond acceptors (Lipinski definition) is 5. The molecule has 1 aliphatic heterocycles. The Morgan fingerprint density at radius 2 is 1.90 bits per heavy atom. The van der Waals surface area contributed by atoms with E-state index in [1.54, 1.807) is 18.2 Å². The number of nitrogens with one attached hydrogen (secondary N) is 1. The molecule has 1 aromatic carbocycles. The number of methoxy groups -OCH3 is 1. The molecule has 0 aromatic heterocycles. The fourth-order valence-electron chi connectivity index (χ4n) is 2.12. The van der Waals surface area contributed by atoms with Gasteiger partial charge in [0.15, 0.2) is 0 Å². The quantitative estimate of drug-likeness (QED) is 0.835. The summed E-state index contributed by atoms with van der Waals surface area (Å²) in [5.74, 6) is 0.359. The number of benzene rings is 1. The van der Waals surface area contributed by atoms with Crippen molar-refractivity contribution in [3.05, 3.63) is 22.7 Å². The molecule has 1 aliphatic rings. The van der Waals surface area contributed by atoms with E-state index >= 15 is 0 Å². The second kappa shape index (κ2) is 6.13. The molecule has 0 spiro atoms. The normalized spacial score (nSPS) is 19.1. The maximum absolute atomic E-state index is 12.4. The summed E-state index contributed by atoms with van der Waals surface area (Å²) < 4.78 is 55.6. The maximum atomic E-state index is 12.4. The molecule has 6 nitrogen and oxygen atoms in total. The molecule has 1 heterocycles. The highest BCUT2D eigenvalue weighted by Crippen LogP contribution is 2.30. The fourth-order valence-corrected chi connectivity index (χ4v) is 5.89. The van der Waals surface area contributed by atoms with Crippen LogP contribution in [0.3, 0.4) is 0 Å². The second-order valence-electron chi connectivity index (χ2n) is 4.84. The van der Waals surface area contributed by atoms with Gasteiger partial charge in [0.1, 0.15) is 15.6 Å². The van der Waals surface area contributed by atoms with Crippen LogP contribution >= 0.6 is 15.9 Å². The zero-order valence-corrected chi connectivity index (χ0v) is 14.6. The van der Waals surface area contributed by atoms with Crippen molar-refractivity contribution in [1.29, 1.82) is 0 Å². The van der Waals surface area contributed by atoms with Crippen LogP contribution in [0.15, 0.2) is 22.7 Å². The largest absolute Gasteiger partial charge is 0.497 e. The average Bonchev–Trinajstić information content (AvgIpc) is 2.40. The molecule has 0 radical (unpaired) electrons. The molecule has 0 saturated carbocycles. The van der Waals surface area contributed by atoms with Gasteiger partial charge in [0.2, 0.25) is 10.0 Å². The summed E-state index contributed by atoms with van der Waals surface area (Å²) in [6, 6.07) is 4.96. The zero-order valence-electron chi connectivity index (χ0n) is 11.4. The van der Waals surface area contributed by atoms with E-state index in [4.69, 9.17) is 4.74 Å². The molecule has 9 heteroatoms. The lowest BCUT2D eigenvalue weighted by Crippen LogP contribution is -2.36. The van der Waals surface area contributed by atoms with Gasteiger partial charge in [-0.3, -0.25) is 4.72 Å². The molecular weight excluding hydrogens is 382 g/mol. The van der Waals surface area contributed by atoms with Gasteiger partial charge < -0.3 is 4.74 Å². The molecule has 118 valence electrons. The fraction of sp³-hybridized carbons (Fsp3) is 0.500. The highest BCUT2D eigenvalue weighted by Gasteiger charge is 2.33. The van der Waals surface area contributed by atoms with Gasteiger partial charge in [0, 0.05) is 10.5 Å². The van der Waals surface area contributed by atoms with Crippen LogP contribution in [0, 0.1) is 0 Å². The first-order valence-electron chi connectivity index (χ1n) is 6.29. The molecule has 2 rings (SSSR count). The van der Waals surface area contributed by atoms with Crippen LogP contribution in [0.25, 0.3) is 0 Å². The third kappa shape index (κ3) is 4.10. The molecule has 0 aliphatic carbocycles. The van der Waals surface area contributed by atoms with Gasteiger partial charge in [0.25, 0.3) is 0 Å². The number of sulfone groups is 1. The summed E-state index contributed by atoms with van der Waals surface area (Å²) in [5, 5.41) is -0.695. The summed E-state index contributed by atoms with van der Waals surface area (Å²) in [7, 11) is -5.23. The van der Waals surface area contributed by atoms with Gasteiger partial charge in [-0.2, -0.15) is 0 Å². The standard InChI is InChI=1S/C12H16BrNO5S2/c1-19-9-2-3-11(13)12(8-9)14-21(17,18)10-4-6-20(15,16)7-5-10/h2-3,8,10,14H,4-7H2,1H3. The van der Waals surface area contributed by atoms with Crippen molar-refractivity contribution < 1.29 is 21.6 Å². The predicted molar refractivity (Wildman–Crippen MR) is 84.9 cm³/mol. The number of ether oxygens (including phenoxy) is 1. The number of halogens is 1. The first kappa shape index (κ1) is 16.6. The van der Waals surface area contributed by atoms with Gasteiger partial charge in [-0.25, -0.2) is 16.8 Å². The van der Waals surface area contributed by atoms with Crippen molar-refractivity contribution in [3.8, 4) is 5.75 Å². The van der Waals surface area contributed by atoms with E-state index in [2.05, 4.69) is 20.7 Å². The SMILES string of the molecule is COc1ccc(Br)c(NS(=O)(=O)C2CCS(=O)(=O)CC2)c1. The zero-order chi connectivity index (χ0) is 15.7. The highest BCUT2D eigenvalue weighted by atomic mass is 79.9. The van der Waals surface area contributed by atoms with Crippen molar-refractivity contribution in [2.45, 2.75) is 18.1 Å². The Morgan fingerprint density at radius 3 is 2.48 bits per heavy atom. The summed E-state index contributed by atoms with van der Waals surface area (Å²) in [4.78, 5) is 0. The molecule has 0 amide bonds. The van der Waals surface area contributed by atoms with Crippen LogP contribution in [0.1, 0.15) is 12.8 Å². The first-order chi connectivity index (χ1) is 9.73. The van der Waals surface area contributed by atoms with E-state index in [9.17, 15) is 16.8 Å².